The largest absolute Gasteiger partial charge is 0.376 e. The number of carbonyl (C=O) groups excluding carboxylic acids is 1. The van der Waals surface area contributed by atoms with Crippen LogP contribution in [0.3, 0.4) is 0 Å². The summed E-state index contributed by atoms with van der Waals surface area (Å²) < 4.78 is 19.2. The van der Waals surface area contributed by atoms with Crippen molar-refractivity contribution in [3.05, 3.63) is 35.6 Å². The Balaban J connectivity index is 1.61. The maximum atomic E-state index is 13.5. The number of hydrogen-bond acceptors (Lipinski definition) is 3. The third kappa shape index (κ3) is 2.24. The second kappa shape index (κ2) is 4.78. The predicted molar refractivity (Wildman–Crippen MR) is 74.9 cm³/mol. The minimum atomic E-state index is -0.393. The van der Waals surface area contributed by atoms with Crippen LogP contribution in [0.5, 0.6) is 0 Å². The number of halogens is 1. The van der Waals surface area contributed by atoms with Crippen molar-refractivity contribution in [1.82, 2.24) is 10.2 Å². The molecule has 0 radical (unpaired) electrons. The molecule has 112 valence electrons. The smallest absolute Gasteiger partial charge is 0.244 e. The molecule has 2 heterocycles. The van der Waals surface area contributed by atoms with E-state index in [4.69, 9.17) is 4.74 Å². The molecule has 1 amide bonds. The van der Waals surface area contributed by atoms with Crippen molar-refractivity contribution in [3.8, 4) is 0 Å². The highest BCUT2D eigenvalue weighted by Crippen LogP contribution is 2.46. The third-order valence-corrected chi connectivity index (χ3v) is 4.73. The van der Waals surface area contributed by atoms with Crippen molar-refractivity contribution in [2.45, 2.75) is 43.5 Å². The molecule has 3 fully saturated rings. The van der Waals surface area contributed by atoms with Gasteiger partial charge in [-0.3, -0.25) is 10.1 Å². The zero-order chi connectivity index (χ0) is 14.4. The van der Waals surface area contributed by atoms with Crippen molar-refractivity contribution in [2.24, 2.45) is 0 Å². The minimum absolute atomic E-state index is 0.112. The van der Waals surface area contributed by atoms with Crippen LogP contribution in [0.4, 0.5) is 4.39 Å². The lowest BCUT2D eigenvalue weighted by Crippen LogP contribution is -2.37. The number of rotatable bonds is 3. The molecule has 5 heteroatoms. The monoisotopic (exact) mass is 290 g/mol. The van der Waals surface area contributed by atoms with Gasteiger partial charge in [0.25, 0.3) is 0 Å². The van der Waals surface area contributed by atoms with E-state index in [1.54, 1.807) is 6.07 Å². The minimum Gasteiger partial charge on any atom is -0.376 e. The van der Waals surface area contributed by atoms with Gasteiger partial charge in [0.1, 0.15) is 17.5 Å². The quantitative estimate of drug-likeness (QED) is 0.925. The summed E-state index contributed by atoms with van der Waals surface area (Å²) in [5.74, 6) is -0.122. The average Bonchev–Trinajstić information content (AvgIpc) is 2.98. The van der Waals surface area contributed by atoms with E-state index in [2.05, 4.69) is 5.32 Å². The van der Waals surface area contributed by atoms with Gasteiger partial charge in [0.2, 0.25) is 5.91 Å². The normalized spacial score (nSPS) is 30.3. The summed E-state index contributed by atoms with van der Waals surface area (Å²) in [6.45, 7) is 1.37. The molecule has 2 saturated heterocycles. The molecule has 1 aromatic rings. The Labute approximate surface area is 123 Å². The molecule has 3 aliphatic rings. The van der Waals surface area contributed by atoms with Crippen LogP contribution in [0.1, 0.15) is 37.4 Å². The number of amides is 1. The van der Waals surface area contributed by atoms with Gasteiger partial charge < -0.3 is 9.64 Å². The molecule has 4 nitrogen and oxygen atoms in total. The SMILES string of the molecule is O=C1N(CC2CCCO2)C(c2cccc(F)c2)NC12CC2. The molecule has 1 N–H and O–H groups in total. The molecule has 1 spiro atoms. The van der Waals surface area contributed by atoms with Crippen LogP contribution in [0.25, 0.3) is 0 Å². The Hall–Kier alpha value is -1.46. The molecular formula is C16H19FN2O2. The van der Waals surface area contributed by atoms with Gasteiger partial charge in [-0.25, -0.2) is 4.39 Å². The second-order valence-electron chi connectivity index (χ2n) is 6.28. The highest BCUT2D eigenvalue weighted by molar-refractivity contribution is 5.92. The van der Waals surface area contributed by atoms with E-state index < -0.39 is 5.54 Å². The summed E-state index contributed by atoms with van der Waals surface area (Å²) in [5.41, 5.74) is 0.417. The summed E-state index contributed by atoms with van der Waals surface area (Å²) in [4.78, 5) is 14.5. The van der Waals surface area contributed by atoms with E-state index in [9.17, 15) is 9.18 Å². The molecule has 0 aromatic heterocycles. The molecule has 2 aliphatic heterocycles. The van der Waals surface area contributed by atoms with E-state index >= 15 is 0 Å². The van der Waals surface area contributed by atoms with Gasteiger partial charge >= 0.3 is 0 Å². The highest BCUT2D eigenvalue weighted by atomic mass is 19.1. The van der Waals surface area contributed by atoms with Gasteiger partial charge in [-0.15, -0.1) is 0 Å². The first-order chi connectivity index (χ1) is 10.2. The maximum absolute atomic E-state index is 13.5. The first-order valence-electron chi connectivity index (χ1n) is 7.64. The topological polar surface area (TPSA) is 41.6 Å². The lowest BCUT2D eigenvalue weighted by molar-refractivity contribution is -0.132. The molecule has 4 rings (SSSR count). The lowest BCUT2D eigenvalue weighted by atomic mass is 10.1. The van der Waals surface area contributed by atoms with Crippen molar-refractivity contribution in [2.75, 3.05) is 13.2 Å². The molecular weight excluding hydrogens is 271 g/mol. The molecule has 2 atom stereocenters. The van der Waals surface area contributed by atoms with Gasteiger partial charge in [-0.05, 0) is 43.4 Å². The number of carbonyl (C=O) groups is 1. The average molecular weight is 290 g/mol. The summed E-state index contributed by atoms with van der Waals surface area (Å²) in [5, 5.41) is 3.41. The first kappa shape index (κ1) is 13.2. The molecule has 2 unspecified atom stereocenters. The molecule has 0 bridgehead atoms. The number of nitrogens with zero attached hydrogens (tertiary/aromatic N) is 1. The van der Waals surface area contributed by atoms with Crippen LogP contribution in [0.15, 0.2) is 24.3 Å². The Bertz CT molecular complexity index is 567. The zero-order valence-electron chi connectivity index (χ0n) is 11.8. The Morgan fingerprint density at radius 2 is 2.29 bits per heavy atom. The number of benzene rings is 1. The Morgan fingerprint density at radius 1 is 1.43 bits per heavy atom. The van der Waals surface area contributed by atoms with Crippen molar-refractivity contribution in [1.29, 1.82) is 0 Å². The summed E-state index contributed by atoms with van der Waals surface area (Å²) >= 11 is 0. The van der Waals surface area contributed by atoms with Gasteiger partial charge in [-0.1, -0.05) is 12.1 Å². The van der Waals surface area contributed by atoms with Crippen molar-refractivity contribution >= 4 is 5.91 Å². The van der Waals surface area contributed by atoms with Crippen molar-refractivity contribution < 1.29 is 13.9 Å². The van der Waals surface area contributed by atoms with E-state index in [1.165, 1.54) is 12.1 Å². The standard InChI is InChI=1S/C16H19FN2O2/c17-12-4-1-3-11(9-12)14-18-16(6-7-16)15(20)19(14)10-13-5-2-8-21-13/h1,3-4,9,13-14,18H,2,5-8,10H2. The number of nitrogens with one attached hydrogen (secondary N) is 1. The summed E-state index contributed by atoms with van der Waals surface area (Å²) in [6.07, 6.45) is 3.67. The van der Waals surface area contributed by atoms with Crippen molar-refractivity contribution in [3.63, 3.8) is 0 Å². The molecule has 1 aliphatic carbocycles. The van der Waals surface area contributed by atoms with Crippen LogP contribution in [-0.4, -0.2) is 35.6 Å². The van der Waals surface area contributed by atoms with E-state index in [1.807, 2.05) is 11.0 Å². The van der Waals surface area contributed by atoms with Gasteiger partial charge in [0.15, 0.2) is 0 Å². The van der Waals surface area contributed by atoms with Crippen LogP contribution >= 0.6 is 0 Å². The number of hydrogen-bond donors (Lipinski definition) is 1. The predicted octanol–water partition coefficient (Wildman–Crippen LogP) is 1.97. The maximum Gasteiger partial charge on any atom is 0.244 e. The van der Waals surface area contributed by atoms with E-state index in [0.717, 1.165) is 37.9 Å². The summed E-state index contributed by atoms with van der Waals surface area (Å²) in [7, 11) is 0. The second-order valence-corrected chi connectivity index (χ2v) is 6.28. The Kier molecular flexibility index (Phi) is 3.01. The molecule has 21 heavy (non-hydrogen) atoms. The van der Waals surface area contributed by atoms with Crippen LogP contribution in [0.2, 0.25) is 0 Å². The fourth-order valence-electron chi connectivity index (χ4n) is 3.41. The van der Waals surface area contributed by atoms with Crippen LogP contribution in [0, 0.1) is 5.82 Å². The van der Waals surface area contributed by atoms with Crippen LogP contribution in [-0.2, 0) is 9.53 Å². The van der Waals surface area contributed by atoms with Gasteiger partial charge in [0, 0.05) is 13.2 Å². The molecule has 1 saturated carbocycles. The fourth-order valence-corrected chi connectivity index (χ4v) is 3.41. The molecule has 1 aromatic carbocycles. The fraction of sp³-hybridized carbons (Fsp3) is 0.562. The highest BCUT2D eigenvalue weighted by Gasteiger charge is 2.59. The van der Waals surface area contributed by atoms with Gasteiger partial charge in [0.05, 0.1) is 6.10 Å². The van der Waals surface area contributed by atoms with Gasteiger partial charge in [-0.2, -0.15) is 0 Å². The van der Waals surface area contributed by atoms with Crippen LogP contribution < -0.4 is 5.32 Å². The van der Waals surface area contributed by atoms with E-state index in [0.29, 0.717) is 6.54 Å². The Morgan fingerprint density at radius 3 is 2.95 bits per heavy atom. The lowest BCUT2D eigenvalue weighted by Gasteiger charge is -2.27. The number of ether oxygens (including phenoxy) is 1. The zero-order valence-corrected chi connectivity index (χ0v) is 11.8. The first-order valence-corrected chi connectivity index (χ1v) is 7.64. The third-order valence-electron chi connectivity index (χ3n) is 4.73. The summed E-state index contributed by atoms with van der Waals surface area (Å²) in [6, 6.07) is 6.50. The van der Waals surface area contributed by atoms with E-state index in [-0.39, 0.29) is 24.0 Å².